The third-order valence-corrected chi connectivity index (χ3v) is 5.12. The molecule has 4 N–H and O–H groups in total. The first-order chi connectivity index (χ1) is 13.0. The van der Waals surface area contributed by atoms with E-state index in [-0.39, 0.29) is 12.1 Å². The largest absolute Gasteiger partial charge is 0.392 e. The van der Waals surface area contributed by atoms with Crippen molar-refractivity contribution in [3.05, 3.63) is 47.2 Å². The number of nitrogens with two attached hydrogens (primary N) is 1. The van der Waals surface area contributed by atoms with Crippen LogP contribution in [0.4, 0.5) is 17.5 Å². The Labute approximate surface area is 158 Å². The molecule has 1 aliphatic heterocycles. The van der Waals surface area contributed by atoms with Crippen LogP contribution in [0.2, 0.25) is 0 Å². The molecule has 1 aliphatic rings. The minimum absolute atomic E-state index is 0.214. The van der Waals surface area contributed by atoms with Crippen LogP contribution in [0.3, 0.4) is 0 Å². The van der Waals surface area contributed by atoms with Crippen molar-refractivity contribution in [1.82, 2.24) is 19.9 Å². The Balaban J connectivity index is 1.66. The lowest BCUT2D eigenvalue weighted by molar-refractivity contribution is 0.175. The fourth-order valence-corrected chi connectivity index (χ4v) is 3.48. The van der Waals surface area contributed by atoms with Gasteiger partial charge in [0.15, 0.2) is 5.82 Å². The lowest BCUT2D eigenvalue weighted by Gasteiger charge is -2.16. The minimum atomic E-state index is -0.232. The zero-order chi connectivity index (χ0) is 19.0. The summed E-state index contributed by atoms with van der Waals surface area (Å²) in [6.07, 6.45) is 2.44. The van der Waals surface area contributed by atoms with Crippen molar-refractivity contribution in [2.24, 2.45) is 0 Å². The fraction of sp³-hybridized carbons (Fsp3) is 0.350. The maximum absolute atomic E-state index is 9.70. The number of nitrogen functional groups attached to an aromatic ring is 1. The first-order valence-corrected chi connectivity index (χ1v) is 9.15. The van der Waals surface area contributed by atoms with E-state index in [1.165, 1.54) is 5.56 Å². The Morgan fingerprint density at radius 2 is 2.15 bits per heavy atom. The van der Waals surface area contributed by atoms with Crippen LogP contribution in [-0.2, 0) is 6.54 Å². The lowest BCUT2D eigenvalue weighted by Crippen LogP contribution is -2.21. The van der Waals surface area contributed by atoms with Gasteiger partial charge in [-0.15, -0.1) is 0 Å². The summed E-state index contributed by atoms with van der Waals surface area (Å²) in [5.41, 5.74) is 11.7. The molecule has 3 aromatic rings. The molecule has 0 aliphatic carbocycles. The Bertz CT molecular complexity index is 990. The van der Waals surface area contributed by atoms with Gasteiger partial charge in [0, 0.05) is 31.5 Å². The second-order valence-corrected chi connectivity index (χ2v) is 7.19. The molecule has 1 atom stereocenters. The van der Waals surface area contributed by atoms with Gasteiger partial charge in [0.05, 0.1) is 11.6 Å². The number of nitrogens with one attached hydrogen (secondary N) is 1. The summed E-state index contributed by atoms with van der Waals surface area (Å²) in [5, 5.41) is 13.1. The van der Waals surface area contributed by atoms with E-state index >= 15 is 0 Å². The molecule has 0 bridgehead atoms. The number of rotatable bonds is 4. The summed E-state index contributed by atoms with van der Waals surface area (Å²) < 4.78 is 0. The van der Waals surface area contributed by atoms with Gasteiger partial charge in [-0.05, 0) is 49.1 Å². The number of hydrogen-bond acceptors (Lipinski definition) is 7. The summed E-state index contributed by atoms with van der Waals surface area (Å²) in [4.78, 5) is 15.5. The number of aliphatic hydroxyl groups is 1. The average Bonchev–Trinajstić information content (AvgIpc) is 3.03. The minimum Gasteiger partial charge on any atom is -0.392 e. The van der Waals surface area contributed by atoms with E-state index in [0.29, 0.717) is 23.4 Å². The van der Waals surface area contributed by atoms with Crippen molar-refractivity contribution in [2.45, 2.75) is 32.9 Å². The van der Waals surface area contributed by atoms with Crippen molar-refractivity contribution in [3.8, 4) is 0 Å². The predicted octanol–water partition coefficient (Wildman–Crippen LogP) is 2.53. The molecule has 1 saturated heterocycles. The smallest absolute Gasteiger partial charge is 0.222 e. The van der Waals surface area contributed by atoms with Gasteiger partial charge in [-0.3, -0.25) is 9.88 Å². The summed E-state index contributed by atoms with van der Waals surface area (Å²) >= 11 is 0. The molecule has 3 heterocycles. The van der Waals surface area contributed by atoms with Gasteiger partial charge in [0.2, 0.25) is 5.95 Å². The molecule has 27 heavy (non-hydrogen) atoms. The quantitative estimate of drug-likeness (QED) is 0.654. The maximum Gasteiger partial charge on any atom is 0.222 e. The van der Waals surface area contributed by atoms with E-state index in [9.17, 15) is 5.11 Å². The summed E-state index contributed by atoms with van der Waals surface area (Å²) in [6, 6.07) is 8.10. The molecular formula is C20H24N6O. The standard InChI is InChI=1S/C20H24N6O/c1-12-4-3-5-16(13(12)2)23-19-18-17(24-20(21)25-19)8-14(9-22-18)10-26-7-6-15(27)11-26/h3-5,8-9,15,27H,6-7,10-11H2,1-2H3,(H3,21,23,24,25)/t15-/m1/s1. The number of anilines is 3. The first-order valence-electron chi connectivity index (χ1n) is 9.15. The molecule has 1 aromatic carbocycles. The van der Waals surface area contributed by atoms with Crippen LogP contribution in [0.5, 0.6) is 0 Å². The second-order valence-electron chi connectivity index (χ2n) is 7.19. The van der Waals surface area contributed by atoms with Crippen molar-refractivity contribution in [2.75, 3.05) is 24.1 Å². The molecule has 0 radical (unpaired) electrons. The van der Waals surface area contributed by atoms with E-state index < -0.39 is 0 Å². The molecule has 0 spiro atoms. The molecule has 7 nitrogen and oxygen atoms in total. The fourth-order valence-electron chi connectivity index (χ4n) is 3.48. The van der Waals surface area contributed by atoms with Crippen molar-refractivity contribution >= 4 is 28.5 Å². The van der Waals surface area contributed by atoms with Crippen molar-refractivity contribution < 1.29 is 5.11 Å². The Hall–Kier alpha value is -2.77. The van der Waals surface area contributed by atoms with Gasteiger partial charge in [-0.2, -0.15) is 4.98 Å². The third kappa shape index (κ3) is 3.70. The van der Waals surface area contributed by atoms with Gasteiger partial charge in [0.1, 0.15) is 5.52 Å². The molecule has 140 valence electrons. The van der Waals surface area contributed by atoms with Gasteiger partial charge in [-0.25, -0.2) is 4.98 Å². The zero-order valence-electron chi connectivity index (χ0n) is 15.6. The van der Waals surface area contributed by atoms with Gasteiger partial charge >= 0.3 is 0 Å². The summed E-state index contributed by atoms with van der Waals surface area (Å²) in [5.74, 6) is 0.820. The molecule has 4 rings (SSSR count). The maximum atomic E-state index is 9.70. The first kappa shape index (κ1) is 17.6. The van der Waals surface area contributed by atoms with Gasteiger partial charge in [-0.1, -0.05) is 12.1 Å². The second kappa shape index (κ2) is 7.09. The molecular weight excluding hydrogens is 340 g/mol. The number of aliphatic hydroxyl groups excluding tert-OH is 1. The molecule has 7 heteroatoms. The molecule has 0 amide bonds. The van der Waals surface area contributed by atoms with Gasteiger partial charge in [0.25, 0.3) is 0 Å². The molecule has 1 fully saturated rings. The lowest BCUT2D eigenvalue weighted by atomic mass is 10.1. The van der Waals surface area contributed by atoms with E-state index in [0.717, 1.165) is 36.3 Å². The number of likely N-dealkylation sites (tertiary alicyclic amines) is 1. The van der Waals surface area contributed by atoms with E-state index in [1.807, 2.05) is 24.4 Å². The topological polar surface area (TPSA) is 100 Å². The highest BCUT2D eigenvalue weighted by molar-refractivity contribution is 5.88. The van der Waals surface area contributed by atoms with E-state index in [1.54, 1.807) is 0 Å². The van der Waals surface area contributed by atoms with E-state index in [4.69, 9.17) is 5.73 Å². The van der Waals surface area contributed by atoms with Crippen molar-refractivity contribution in [1.29, 1.82) is 0 Å². The van der Waals surface area contributed by atoms with Crippen molar-refractivity contribution in [3.63, 3.8) is 0 Å². The summed E-state index contributed by atoms with van der Waals surface area (Å²) in [6.45, 7) is 6.48. The van der Waals surface area contributed by atoms with Gasteiger partial charge < -0.3 is 16.2 Å². The summed E-state index contributed by atoms with van der Waals surface area (Å²) in [7, 11) is 0. The van der Waals surface area contributed by atoms with Crippen LogP contribution in [0.25, 0.3) is 11.0 Å². The Kier molecular flexibility index (Phi) is 4.63. The normalized spacial score (nSPS) is 17.5. The number of nitrogens with zero attached hydrogens (tertiary/aromatic N) is 4. The van der Waals surface area contributed by atoms with Crippen LogP contribution >= 0.6 is 0 Å². The molecule has 0 unspecified atom stereocenters. The van der Waals surface area contributed by atoms with Crippen LogP contribution in [0.15, 0.2) is 30.5 Å². The van der Waals surface area contributed by atoms with Crippen LogP contribution in [0.1, 0.15) is 23.1 Å². The number of β-amino-alcohol motifs (C(OH)–C–C–N with tert-alkyl or cyclic N) is 1. The van der Waals surface area contributed by atoms with E-state index in [2.05, 4.69) is 45.1 Å². The third-order valence-electron chi connectivity index (χ3n) is 5.12. The van der Waals surface area contributed by atoms with Crippen LogP contribution < -0.4 is 11.1 Å². The number of fused-ring (bicyclic) bond motifs is 1. The monoisotopic (exact) mass is 364 g/mol. The molecule has 2 aromatic heterocycles. The van der Waals surface area contributed by atoms with Crippen LogP contribution in [0, 0.1) is 13.8 Å². The number of benzene rings is 1. The Morgan fingerprint density at radius 3 is 2.93 bits per heavy atom. The zero-order valence-corrected chi connectivity index (χ0v) is 15.6. The van der Waals surface area contributed by atoms with Crippen LogP contribution in [-0.4, -0.2) is 44.2 Å². The Morgan fingerprint density at radius 1 is 1.30 bits per heavy atom. The highest BCUT2D eigenvalue weighted by Gasteiger charge is 2.20. The average molecular weight is 364 g/mol. The highest BCUT2D eigenvalue weighted by atomic mass is 16.3. The SMILES string of the molecule is Cc1cccc(Nc2nc(N)nc3cc(CN4CC[C@@H](O)C4)cnc23)c1C. The number of aryl methyl sites for hydroxylation is 1. The highest BCUT2D eigenvalue weighted by Crippen LogP contribution is 2.27. The molecule has 0 saturated carbocycles. The number of hydrogen-bond donors (Lipinski definition) is 3. The number of aromatic nitrogens is 3. The number of pyridine rings is 1. The predicted molar refractivity (Wildman–Crippen MR) is 107 cm³/mol.